The van der Waals surface area contributed by atoms with Gasteiger partial charge in [0.15, 0.2) is 0 Å². The first-order valence-corrected chi connectivity index (χ1v) is 7.78. The summed E-state index contributed by atoms with van der Waals surface area (Å²) in [5.41, 5.74) is 0. The Morgan fingerprint density at radius 3 is 2.60 bits per heavy atom. The first-order valence-electron chi connectivity index (χ1n) is 4.47. The van der Waals surface area contributed by atoms with Gasteiger partial charge in [-0.15, -0.1) is 0 Å². The van der Waals surface area contributed by atoms with Gasteiger partial charge in [-0.25, -0.2) is 8.42 Å². The number of ether oxygens (including phenoxy) is 1. The molecule has 0 spiro atoms. The van der Waals surface area contributed by atoms with E-state index in [0.717, 1.165) is 0 Å². The van der Waals surface area contributed by atoms with Crippen molar-refractivity contribution in [3.05, 3.63) is 0 Å². The lowest BCUT2D eigenvalue weighted by molar-refractivity contribution is -0.139. The van der Waals surface area contributed by atoms with E-state index in [1.165, 1.54) is 13.4 Å². The van der Waals surface area contributed by atoms with Crippen molar-refractivity contribution in [1.82, 2.24) is 5.32 Å². The Kier molecular flexibility index (Phi) is 7.45. The molecule has 0 amide bonds. The maximum Gasteiger partial charge on any atom is 0.319 e. The van der Waals surface area contributed by atoms with Crippen LogP contribution in [0.25, 0.3) is 0 Å². The monoisotopic (exact) mass is 349 g/mol. The van der Waals surface area contributed by atoms with Crippen LogP contribution in [0.2, 0.25) is 0 Å². The Balaban J connectivity index is 3.51. The summed E-state index contributed by atoms with van der Waals surface area (Å²) in [6, 6.07) is 0. The highest BCUT2D eigenvalue weighted by Gasteiger charge is 2.13. The van der Waals surface area contributed by atoms with E-state index in [0.29, 0.717) is 19.5 Å². The molecule has 0 aromatic heterocycles. The lowest BCUT2D eigenvalue weighted by Gasteiger charge is -2.08. The average molecular weight is 349 g/mol. The van der Waals surface area contributed by atoms with Crippen molar-refractivity contribution >= 4 is 38.4 Å². The van der Waals surface area contributed by atoms with Crippen LogP contribution < -0.4 is 5.32 Å². The molecule has 15 heavy (non-hydrogen) atoms. The third kappa shape index (κ3) is 9.06. The molecule has 1 unspecified atom stereocenters. The number of carbonyl (C=O) groups excluding carboxylic acids is 1. The fourth-order valence-electron chi connectivity index (χ4n) is 0.899. The quantitative estimate of drug-likeness (QED) is 0.303. The molecule has 0 heterocycles. The molecular formula is C8H16INO4S. The lowest BCUT2D eigenvalue weighted by Crippen LogP contribution is -2.30. The van der Waals surface area contributed by atoms with Gasteiger partial charge in [0.05, 0.1) is 12.9 Å². The van der Waals surface area contributed by atoms with Crippen LogP contribution >= 0.6 is 22.6 Å². The van der Waals surface area contributed by atoms with Crippen LogP contribution in [0.1, 0.15) is 6.42 Å². The summed E-state index contributed by atoms with van der Waals surface area (Å²) in [6.07, 6.45) is 1.77. The Bertz CT molecular complexity index is 291. The van der Waals surface area contributed by atoms with Gasteiger partial charge in [0, 0.05) is 12.8 Å². The number of hydrogen-bond donors (Lipinski definition) is 1. The second-order valence-electron chi connectivity index (χ2n) is 3.18. The molecule has 1 atom stereocenters. The standard InChI is InChI=1S/C8H16INO4S/c1-14-8(11)7(9)6-10-4-3-5-15(2,12)13/h7,10H,3-6H2,1-2H3. The minimum Gasteiger partial charge on any atom is -0.468 e. The predicted molar refractivity (Wildman–Crippen MR) is 67.0 cm³/mol. The summed E-state index contributed by atoms with van der Waals surface area (Å²) in [6.45, 7) is 1.08. The van der Waals surface area contributed by atoms with Crippen LogP contribution in [0.4, 0.5) is 0 Å². The first-order chi connectivity index (χ1) is 6.87. The number of sulfone groups is 1. The maximum atomic E-state index is 11.0. The van der Waals surface area contributed by atoms with Crippen molar-refractivity contribution in [3.63, 3.8) is 0 Å². The summed E-state index contributed by atoms with van der Waals surface area (Å²) in [5.74, 6) is -0.101. The molecule has 0 saturated carbocycles. The first kappa shape index (κ1) is 15.1. The predicted octanol–water partition coefficient (Wildman–Crippen LogP) is -0.0127. The van der Waals surface area contributed by atoms with Gasteiger partial charge in [-0.1, -0.05) is 22.6 Å². The molecule has 0 aliphatic carbocycles. The van der Waals surface area contributed by atoms with Gasteiger partial charge in [-0.2, -0.15) is 0 Å². The number of rotatable bonds is 7. The topological polar surface area (TPSA) is 72.5 Å². The molecule has 0 aromatic carbocycles. The number of esters is 1. The summed E-state index contributed by atoms with van der Waals surface area (Å²) in [7, 11) is -1.53. The minimum absolute atomic E-state index is 0.171. The Hall–Kier alpha value is 0.110. The van der Waals surface area contributed by atoms with E-state index in [2.05, 4.69) is 10.1 Å². The van der Waals surface area contributed by atoms with E-state index in [4.69, 9.17) is 0 Å². The molecule has 0 aliphatic heterocycles. The van der Waals surface area contributed by atoms with Gasteiger partial charge < -0.3 is 10.1 Å². The maximum absolute atomic E-state index is 11.0. The highest BCUT2D eigenvalue weighted by atomic mass is 127. The van der Waals surface area contributed by atoms with Crippen LogP contribution in [0, 0.1) is 0 Å². The number of hydrogen-bond acceptors (Lipinski definition) is 5. The van der Waals surface area contributed by atoms with E-state index >= 15 is 0 Å². The molecule has 5 nitrogen and oxygen atoms in total. The smallest absolute Gasteiger partial charge is 0.319 e. The van der Waals surface area contributed by atoms with Gasteiger partial charge in [0.1, 0.15) is 13.8 Å². The zero-order valence-corrected chi connectivity index (χ0v) is 11.8. The summed E-state index contributed by atoms with van der Waals surface area (Å²) < 4.78 is 25.9. The van der Waals surface area contributed by atoms with Crippen molar-refractivity contribution < 1.29 is 17.9 Å². The molecule has 0 fully saturated rings. The molecule has 0 rings (SSSR count). The van der Waals surface area contributed by atoms with Crippen LogP contribution in [-0.2, 0) is 19.4 Å². The van der Waals surface area contributed by atoms with Crippen LogP contribution in [0.5, 0.6) is 0 Å². The fourth-order valence-corrected chi connectivity index (χ4v) is 2.13. The zero-order chi connectivity index (χ0) is 11.9. The molecule has 1 N–H and O–H groups in total. The fraction of sp³-hybridized carbons (Fsp3) is 0.875. The molecular weight excluding hydrogens is 333 g/mol. The number of carbonyl (C=O) groups is 1. The number of nitrogens with one attached hydrogen (secondary N) is 1. The third-order valence-electron chi connectivity index (χ3n) is 1.65. The zero-order valence-electron chi connectivity index (χ0n) is 8.82. The van der Waals surface area contributed by atoms with Crippen LogP contribution in [-0.4, -0.2) is 50.5 Å². The van der Waals surface area contributed by atoms with Gasteiger partial charge in [-0.05, 0) is 13.0 Å². The average Bonchev–Trinajstić information content (AvgIpc) is 2.14. The van der Waals surface area contributed by atoms with Crippen molar-refractivity contribution in [3.8, 4) is 0 Å². The third-order valence-corrected chi connectivity index (χ3v) is 3.63. The van der Waals surface area contributed by atoms with Gasteiger partial charge >= 0.3 is 5.97 Å². The molecule has 0 aromatic rings. The van der Waals surface area contributed by atoms with Crippen LogP contribution in [0.3, 0.4) is 0 Å². The molecule has 0 bridgehead atoms. The lowest BCUT2D eigenvalue weighted by atomic mass is 10.4. The van der Waals surface area contributed by atoms with Crippen molar-refractivity contribution in [2.24, 2.45) is 0 Å². The second-order valence-corrected chi connectivity index (χ2v) is 6.94. The van der Waals surface area contributed by atoms with Crippen LogP contribution in [0.15, 0.2) is 0 Å². The van der Waals surface area contributed by atoms with Gasteiger partial charge in [0.25, 0.3) is 0 Å². The Labute approximate surface area is 104 Å². The summed E-state index contributed by atoms with van der Waals surface area (Å²) in [4.78, 5) is 11.0. The summed E-state index contributed by atoms with van der Waals surface area (Å²) in [5, 5.41) is 3.00. The highest BCUT2D eigenvalue weighted by Crippen LogP contribution is 2.00. The normalized spacial score (nSPS) is 13.5. The van der Waals surface area contributed by atoms with Crippen molar-refractivity contribution in [1.29, 1.82) is 0 Å². The number of halogens is 1. The van der Waals surface area contributed by atoms with E-state index in [1.54, 1.807) is 0 Å². The van der Waals surface area contributed by atoms with Gasteiger partial charge in [0.2, 0.25) is 0 Å². The number of alkyl halides is 1. The molecule has 7 heteroatoms. The van der Waals surface area contributed by atoms with Gasteiger partial charge in [-0.3, -0.25) is 4.79 Å². The van der Waals surface area contributed by atoms with E-state index in [-0.39, 0.29) is 15.6 Å². The van der Waals surface area contributed by atoms with E-state index < -0.39 is 9.84 Å². The minimum atomic E-state index is -2.88. The SMILES string of the molecule is COC(=O)C(I)CNCCCS(C)(=O)=O. The Morgan fingerprint density at radius 1 is 1.53 bits per heavy atom. The Morgan fingerprint density at radius 2 is 2.13 bits per heavy atom. The largest absolute Gasteiger partial charge is 0.468 e. The molecule has 0 saturated heterocycles. The molecule has 0 radical (unpaired) electrons. The highest BCUT2D eigenvalue weighted by molar-refractivity contribution is 14.1. The molecule has 0 aliphatic rings. The molecule has 90 valence electrons. The van der Waals surface area contributed by atoms with E-state index in [9.17, 15) is 13.2 Å². The second kappa shape index (κ2) is 7.39. The van der Waals surface area contributed by atoms with E-state index in [1.807, 2.05) is 22.6 Å². The summed E-state index contributed by atoms with van der Waals surface area (Å²) >= 11 is 1.98. The van der Waals surface area contributed by atoms with Crippen molar-refractivity contribution in [2.45, 2.75) is 10.3 Å². The van der Waals surface area contributed by atoms with Crippen molar-refractivity contribution in [2.75, 3.05) is 32.2 Å². The number of methoxy groups -OCH3 is 1.